The summed E-state index contributed by atoms with van der Waals surface area (Å²) < 4.78 is 0. The maximum atomic E-state index is 4.16. The SMILES string of the molecule is C=CC/C(=C(/C)B1N(c2c(C(C)C)cccc2C(C)C)C=CN1c1c(C(C)C)cccc1C(C)C)c1ccccc1. The van der Waals surface area contributed by atoms with E-state index >= 15 is 0 Å². The standard InChI is InChI=1S/C38H49BN2/c1-11-17-36(31-18-13-12-14-19-31)30(10)39-40(37-32(26(2)3)20-15-21-33(37)27(4)5)24-25-41(39)38-34(28(6)7)22-16-23-35(38)29(8)9/h11-16,18-29H,1,17H2,2-10H3/b36-30+. The lowest BCUT2D eigenvalue weighted by molar-refractivity contribution is 0.831. The molecule has 1 heterocycles. The van der Waals surface area contributed by atoms with E-state index in [0.717, 1.165) is 6.42 Å². The van der Waals surface area contributed by atoms with Crippen LogP contribution < -0.4 is 9.62 Å². The number of hydrogen-bond donors (Lipinski definition) is 0. The van der Waals surface area contributed by atoms with Crippen LogP contribution in [0.2, 0.25) is 0 Å². The van der Waals surface area contributed by atoms with Gasteiger partial charge in [0.2, 0.25) is 0 Å². The molecule has 4 rings (SSSR count). The van der Waals surface area contributed by atoms with Gasteiger partial charge in [0.15, 0.2) is 0 Å². The van der Waals surface area contributed by atoms with E-state index in [1.165, 1.54) is 50.2 Å². The van der Waals surface area contributed by atoms with Crippen molar-refractivity contribution in [3.63, 3.8) is 0 Å². The number of allylic oxidation sites excluding steroid dienone is 3. The van der Waals surface area contributed by atoms with Gasteiger partial charge in [-0.05, 0) is 70.4 Å². The van der Waals surface area contributed by atoms with Gasteiger partial charge in [0.1, 0.15) is 0 Å². The molecule has 0 saturated heterocycles. The van der Waals surface area contributed by atoms with E-state index in [9.17, 15) is 0 Å². The summed E-state index contributed by atoms with van der Waals surface area (Å²) in [6.45, 7) is 25.0. The first-order valence-electron chi connectivity index (χ1n) is 15.4. The van der Waals surface area contributed by atoms with Crippen LogP contribution in [0.1, 0.15) is 120 Å². The van der Waals surface area contributed by atoms with Gasteiger partial charge in [0.05, 0.1) is 0 Å². The van der Waals surface area contributed by atoms with Crippen molar-refractivity contribution in [2.45, 2.75) is 92.4 Å². The van der Waals surface area contributed by atoms with Gasteiger partial charge in [-0.15, -0.1) is 6.58 Å². The molecule has 0 fully saturated rings. The zero-order chi connectivity index (χ0) is 29.8. The summed E-state index contributed by atoms with van der Waals surface area (Å²) in [5.74, 6) is 1.64. The third kappa shape index (κ3) is 6.10. The number of rotatable bonds is 10. The van der Waals surface area contributed by atoms with Crippen LogP contribution in [0.3, 0.4) is 0 Å². The lowest BCUT2D eigenvalue weighted by atomic mass is 9.61. The second kappa shape index (κ2) is 13.0. The summed E-state index contributed by atoms with van der Waals surface area (Å²) in [7, 11) is 0. The summed E-state index contributed by atoms with van der Waals surface area (Å²) in [6, 6.07) is 24.6. The summed E-state index contributed by atoms with van der Waals surface area (Å²) in [5.41, 5.74) is 12.2. The lowest BCUT2D eigenvalue weighted by Gasteiger charge is -2.37. The zero-order valence-corrected chi connectivity index (χ0v) is 26.8. The van der Waals surface area contributed by atoms with Crippen LogP contribution in [-0.2, 0) is 0 Å². The summed E-state index contributed by atoms with van der Waals surface area (Å²) >= 11 is 0. The van der Waals surface area contributed by atoms with Crippen molar-refractivity contribution in [3.8, 4) is 0 Å². The van der Waals surface area contributed by atoms with Crippen molar-refractivity contribution in [1.82, 2.24) is 0 Å². The number of nitrogens with zero attached hydrogens (tertiary/aromatic N) is 2. The Morgan fingerprint density at radius 3 is 1.37 bits per heavy atom. The average Bonchev–Trinajstić information content (AvgIpc) is 3.39. The van der Waals surface area contributed by atoms with E-state index < -0.39 is 0 Å². The first-order chi connectivity index (χ1) is 19.6. The molecular weight excluding hydrogens is 495 g/mol. The molecule has 0 radical (unpaired) electrons. The fourth-order valence-electron chi connectivity index (χ4n) is 6.32. The molecule has 214 valence electrons. The lowest BCUT2D eigenvalue weighted by Crippen LogP contribution is -2.47. The molecule has 0 aromatic heterocycles. The minimum Gasteiger partial charge on any atom is -0.366 e. The molecule has 0 spiro atoms. The Bertz CT molecular complexity index is 1290. The largest absolute Gasteiger partial charge is 0.415 e. The number of hydrogen-bond acceptors (Lipinski definition) is 2. The van der Waals surface area contributed by atoms with E-state index in [-0.39, 0.29) is 6.98 Å². The van der Waals surface area contributed by atoms with Gasteiger partial charge >= 0.3 is 6.98 Å². The van der Waals surface area contributed by atoms with Gasteiger partial charge in [-0.3, -0.25) is 0 Å². The highest BCUT2D eigenvalue weighted by Crippen LogP contribution is 2.44. The fourth-order valence-corrected chi connectivity index (χ4v) is 6.32. The van der Waals surface area contributed by atoms with Crippen LogP contribution in [0.4, 0.5) is 11.4 Å². The summed E-state index contributed by atoms with van der Waals surface area (Å²) in [6.07, 6.45) is 7.53. The Labute approximate surface area is 250 Å². The molecule has 0 aliphatic carbocycles. The molecule has 3 heteroatoms. The van der Waals surface area contributed by atoms with E-state index in [1.54, 1.807) is 0 Å². The second-order valence-electron chi connectivity index (χ2n) is 12.7. The minimum atomic E-state index is -0.0000406. The average molecular weight is 545 g/mol. The van der Waals surface area contributed by atoms with E-state index in [4.69, 9.17) is 0 Å². The predicted octanol–water partition coefficient (Wildman–Crippen LogP) is 11.1. The summed E-state index contributed by atoms with van der Waals surface area (Å²) in [5, 5.41) is 0. The van der Waals surface area contributed by atoms with Crippen LogP contribution in [0, 0.1) is 0 Å². The van der Waals surface area contributed by atoms with E-state index in [1.807, 2.05) is 6.08 Å². The van der Waals surface area contributed by atoms with Crippen molar-refractivity contribution in [2.24, 2.45) is 0 Å². The Kier molecular flexibility index (Phi) is 9.69. The van der Waals surface area contributed by atoms with Crippen molar-refractivity contribution < 1.29 is 0 Å². The molecule has 3 aromatic rings. The maximum absolute atomic E-state index is 4.16. The van der Waals surface area contributed by atoms with Crippen molar-refractivity contribution in [2.75, 3.05) is 9.62 Å². The summed E-state index contributed by atoms with van der Waals surface area (Å²) in [4.78, 5) is 5.13. The molecule has 0 unspecified atom stereocenters. The molecule has 0 bridgehead atoms. The van der Waals surface area contributed by atoms with Crippen molar-refractivity contribution in [3.05, 3.63) is 125 Å². The van der Waals surface area contributed by atoms with Gasteiger partial charge in [-0.1, -0.05) is 134 Å². The monoisotopic (exact) mass is 544 g/mol. The normalized spacial score (nSPS) is 14.2. The molecule has 3 aromatic carbocycles. The maximum Gasteiger partial charge on any atom is 0.415 e. The second-order valence-corrected chi connectivity index (χ2v) is 12.7. The van der Waals surface area contributed by atoms with Gasteiger partial charge in [-0.25, -0.2) is 0 Å². The highest BCUT2D eigenvalue weighted by Gasteiger charge is 2.41. The molecule has 0 atom stereocenters. The van der Waals surface area contributed by atoms with Gasteiger partial charge in [0.25, 0.3) is 0 Å². The van der Waals surface area contributed by atoms with Gasteiger partial charge < -0.3 is 9.62 Å². The number of anilines is 2. The minimum absolute atomic E-state index is 0.0000406. The van der Waals surface area contributed by atoms with Crippen LogP contribution >= 0.6 is 0 Å². The van der Waals surface area contributed by atoms with Crippen LogP contribution in [0.5, 0.6) is 0 Å². The van der Waals surface area contributed by atoms with Gasteiger partial charge in [0, 0.05) is 23.8 Å². The number of benzene rings is 3. The first kappa shape index (κ1) is 30.5. The highest BCUT2D eigenvalue weighted by atomic mass is 15.3. The van der Waals surface area contributed by atoms with E-state index in [2.05, 4.69) is 158 Å². The zero-order valence-electron chi connectivity index (χ0n) is 26.8. The Morgan fingerprint density at radius 1 is 0.634 bits per heavy atom. The number of para-hydroxylation sites is 2. The fraction of sp³-hybridized carbons (Fsp3) is 0.368. The van der Waals surface area contributed by atoms with Crippen LogP contribution in [0.15, 0.2) is 97.3 Å². The Balaban J connectivity index is 2.07. The van der Waals surface area contributed by atoms with Crippen LogP contribution in [0.25, 0.3) is 5.57 Å². The quantitative estimate of drug-likeness (QED) is 0.185. The Morgan fingerprint density at radius 2 is 1.02 bits per heavy atom. The topological polar surface area (TPSA) is 6.48 Å². The van der Waals surface area contributed by atoms with Crippen molar-refractivity contribution in [1.29, 1.82) is 0 Å². The third-order valence-corrected chi connectivity index (χ3v) is 8.45. The predicted molar refractivity (Wildman–Crippen MR) is 183 cm³/mol. The van der Waals surface area contributed by atoms with E-state index in [0.29, 0.717) is 23.7 Å². The van der Waals surface area contributed by atoms with Gasteiger partial charge in [-0.2, -0.15) is 0 Å². The molecule has 0 saturated carbocycles. The highest BCUT2D eigenvalue weighted by molar-refractivity contribution is 6.77. The van der Waals surface area contributed by atoms with Crippen molar-refractivity contribution >= 4 is 23.9 Å². The Hall–Kier alpha value is -3.46. The molecule has 1 aliphatic heterocycles. The first-order valence-corrected chi connectivity index (χ1v) is 15.4. The smallest absolute Gasteiger partial charge is 0.366 e. The van der Waals surface area contributed by atoms with Crippen LogP contribution in [-0.4, -0.2) is 6.98 Å². The molecule has 41 heavy (non-hydrogen) atoms. The molecular formula is C38H49BN2. The molecule has 0 amide bonds. The molecule has 1 aliphatic rings. The molecule has 0 N–H and O–H groups in total. The third-order valence-electron chi connectivity index (χ3n) is 8.45. The molecule has 2 nitrogen and oxygen atoms in total.